The van der Waals surface area contributed by atoms with Crippen molar-refractivity contribution in [2.45, 2.75) is 0 Å². The van der Waals surface area contributed by atoms with E-state index in [9.17, 15) is 0 Å². The molecule has 1 heteroatoms. The fourth-order valence-electron chi connectivity index (χ4n) is 0.441. The maximum absolute atomic E-state index is 3.89. The lowest BCUT2D eigenvalue weighted by Crippen LogP contribution is -1.57. The van der Waals surface area contributed by atoms with Gasteiger partial charge < -0.3 is 4.98 Å². The van der Waals surface area contributed by atoms with Crippen molar-refractivity contribution >= 4 is 0 Å². The van der Waals surface area contributed by atoms with Crippen molar-refractivity contribution < 1.29 is 0 Å². The molecule has 0 saturated carbocycles. The molecule has 1 heterocycles. The van der Waals surface area contributed by atoms with Crippen LogP contribution >= 0.6 is 0 Å². The topological polar surface area (TPSA) is 12.9 Å². The molecule has 0 atom stereocenters. The van der Waals surface area contributed by atoms with Crippen LogP contribution in [0.25, 0.3) is 0 Å². The van der Waals surface area contributed by atoms with Crippen LogP contribution in [0.4, 0.5) is 0 Å². The van der Waals surface area contributed by atoms with Gasteiger partial charge in [0.15, 0.2) is 0 Å². The molecule has 0 amide bonds. The van der Waals surface area contributed by atoms with Gasteiger partial charge >= 0.3 is 0 Å². The lowest BCUT2D eigenvalue weighted by molar-refractivity contribution is 1.35. The maximum atomic E-state index is 3.89. The monoisotopic (exact) mass is 105 g/mol. The molecule has 0 spiro atoms. The van der Waals surface area contributed by atoms with Crippen molar-refractivity contribution in [3.8, 4) is 0 Å². The molecule has 0 N–H and O–H groups in total. The Kier molecular flexibility index (Phi) is 1.87. The number of hydrogen-bond acceptors (Lipinski definition) is 1. The van der Waals surface area contributed by atoms with Crippen LogP contribution in [0.5, 0.6) is 0 Å². The van der Waals surface area contributed by atoms with Gasteiger partial charge in [0.1, 0.15) is 0 Å². The lowest BCUT2D eigenvalue weighted by Gasteiger charge is -1.86. The van der Waals surface area contributed by atoms with E-state index < -0.39 is 0 Å². The van der Waals surface area contributed by atoms with Crippen molar-refractivity contribution in [3.63, 3.8) is 0 Å². The Labute approximate surface area is 48.7 Å². The zero-order valence-electron chi connectivity index (χ0n) is 4.49. The molecule has 0 aliphatic rings. The van der Waals surface area contributed by atoms with E-state index in [4.69, 9.17) is 0 Å². The predicted octanol–water partition coefficient (Wildman–Crippen LogP) is 1.64. The summed E-state index contributed by atoms with van der Waals surface area (Å²) in [7, 11) is 0. The lowest BCUT2D eigenvalue weighted by atomic mass is 10.5. The summed E-state index contributed by atoms with van der Waals surface area (Å²) in [4.78, 5) is 3.89. The van der Waals surface area contributed by atoms with Crippen LogP contribution in [0, 0.1) is 0 Å². The quantitative estimate of drug-likeness (QED) is 0.457. The van der Waals surface area contributed by atoms with Crippen molar-refractivity contribution in [1.29, 1.82) is 0 Å². The Balaban J connectivity index is 3.00. The third kappa shape index (κ3) is 1.56. The largest absolute Gasteiger partial charge is 0.409 e. The van der Waals surface area contributed by atoms with Gasteiger partial charge in [0.05, 0.1) is 0 Å². The Morgan fingerprint density at radius 2 is 2.00 bits per heavy atom. The van der Waals surface area contributed by atoms with E-state index in [1.165, 1.54) is 0 Å². The molecule has 0 unspecified atom stereocenters. The van der Waals surface area contributed by atoms with Gasteiger partial charge in [0.25, 0.3) is 0 Å². The molecule has 1 aromatic rings. The zero-order valence-corrected chi connectivity index (χ0v) is 4.49. The fraction of sp³-hybridized carbons (Fsp3) is 0. The van der Waals surface area contributed by atoms with E-state index >= 15 is 0 Å². The van der Waals surface area contributed by atoms with Crippen molar-refractivity contribution in [2.75, 3.05) is 0 Å². The second-order valence-corrected chi connectivity index (χ2v) is 1.41. The second kappa shape index (κ2) is 2.97. The molecular formula is C7H7N-2. The first-order chi connectivity index (χ1) is 4.00. The first kappa shape index (κ1) is 5.04. The molecular weight excluding hydrogens is 98.1 g/mol. The van der Waals surface area contributed by atoms with Crippen LogP contribution in [-0.2, 0) is 0 Å². The van der Waals surface area contributed by atoms with Gasteiger partial charge in [-0.1, -0.05) is 6.20 Å². The smallest absolute Gasteiger partial charge is 0.0885 e. The molecule has 1 aromatic heterocycles. The molecule has 0 aliphatic carbocycles. The summed E-state index contributed by atoms with van der Waals surface area (Å²) in [6, 6.07) is 9.61. The van der Waals surface area contributed by atoms with Gasteiger partial charge in [-0.3, -0.25) is 6.07 Å². The van der Waals surface area contributed by atoms with Gasteiger partial charge in [-0.15, -0.1) is 0 Å². The molecule has 0 saturated heterocycles. The number of hydrogen-bond donors (Lipinski definition) is 0. The number of nitrogens with zero attached hydrogens (tertiary/aromatic N) is 1. The SMILES string of the molecule is c1cc[cH-]nc[cH-]c1. The highest BCUT2D eigenvalue weighted by Gasteiger charge is 1.41. The highest BCUT2D eigenvalue weighted by molar-refractivity contribution is 4.92. The van der Waals surface area contributed by atoms with Crippen LogP contribution in [0.15, 0.2) is 42.7 Å². The summed E-state index contributed by atoms with van der Waals surface area (Å²) < 4.78 is 0. The summed E-state index contributed by atoms with van der Waals surface area (Å²) >= 11 is 0. The Hall–Kier alpha value is -1.11. The predicted molar refractivity (Wildman–Crippen MR) is 33.1 cm³/mol. The molecule has 0 fully saturated rings. The normalized spacial score (nSPS) is 8.00. The van der Waals surface area contributed by atoms with E-state index in [0.717, 1.165) is 0 Å². The standard InChI is InChI=1S/C7H7N/c1-2-4-6-8-7-5-3-1/h1-7H/q-2. The van der Waals surface area contributed by atoms with Crippen molar-refractivity contribution in [2.24, 2.45) is 0 Å². The van der Waals surface area contributed by atoms with Crippen LogP contribution in [0.2, 0.25) is 0 Å². The van der Waals surface area contributed by atoms with E-state index in [2.05, 4.69) is 4.98 Å². The van der Waals surface area contributed by atoms with E-state index in [0.29, 0.717) is 0 Å². The Morgan fingerprint density at radius 1 is 1.12 bits per heavy atom. The van der Waals surface area contributed by atoms with Crippen LogP contribution in [-0.4, -0.2) is 4.98 Å². The van der Waals surface area contributed by atoms with E-state index in [1.54, 1.807) is 12.4 Å². The molecule has 0 bridgehead atoms. The minimum absolute atomic E-state index is 1.75. The van der Waals surface area contributed by atoms with Gasteiger partial charge in [-0.25, -0.2) is 18.2 Å². The molecule has 8 heavy (non-hydrogen) atoms. The van der Waals surface area contributed by atoms with Gasteiger partial charge in [0, 0.05) is 0 Å². The molecule has 0 aromatic carbocycles. The first-order valence-corrected chi connectivity index (χ1v) is 2.52. The van der Waals surface area contributed by atoms with E-state index in [-0.39, 0.29) is 0 Å². The average molecular weight is 105 g/mol. The summed E-state index contributed by atoms with van der Waals surface area (Å²) in [5.74, 6) is 0. The third-order valence-electron chi connectivity index (χ3n) is 0.789. The summed E-state index contributed by atoms with van der Waals surface area (Å²) in [5, 5.41) is 0. The highest BCUT2D eigenvalue weighted by atomic mass is 14.6. The first-order valence-electron chi connectivity index (χ1n) is 2.52. The maximum Gasteiger partial charge on any atom is -0.0885 e. The molecule has 1 rings (SSSR count). The van der Waals surface area contributed by atoms with Crippen LogP contribution in [0.3, 0.4) is 0 Å². The average Bonchev–Trinajstić information content (AvgIpc) is 1.62. The summed E-state index contributed by atoms with van der Waals surface area (Å²) in [5.41, 5.74) is 0. The number of aromatic nitrogens is 1. The Morgan fingerprint density at radius 3 is 3.00 bits per heavy atom. The minimum atomic E-state index is 1.75. The van der Waals surface area contributed by atoms with Crippen LogP contribution < -0.4 is 0 Å². The van der Waals surface area contributed by atoms with Crippen molar-refractivity contribution in [1.82, 2.24) is 4.98 Å². The summed E-state index contributed by atoms with van der Waals surface area (Å²) in [6.07, 6.45) is 3.50. The summed E-state index contributed by atoms with van der Waals surface area (Å²) in [6.45, 7) is 0. The zero-order chi connectivity index (χ0) is 5.66. The van der Waals surface area contributed by atoms with Crippen molar-refractivity contribution in [3.05, 3.63) is 42.7 Å². The van der Waals surface area contributed by atoms with Gasteiger partial charge in [0.2, 0.25) is 0 Å². The fourth-order valence-corrected chi connectivity index (χ4v) is 0.441. The van der Waals surface area contributed by atoms with E-state index in [1.807, 2.05) is 30.3 Å². The molecule has 0 aliphatic heterocycles. The number of rotatable bonds is 0. The van der Waals surface area contributed by atoms with Gasteiger partial charge in [-0.2, -0.15) is 12.3 Å². The van der Waals surface area contributed by atoms with Crippen LogP contribution in [0.1, 0.15) is 0 Å². The molecule has 0 radical (unpaired) electrons. The van der Waals surface area contributed by atoms with Gasteiger partial charge in [-0.05, 0) is 0 Å². The highest BCUT2D eigenvalue weighted by Crippen LogP contribution is 1.75. The second-order valence-electron chi connectivity index (χ2n) is 1.41. The molecule has 42 valence electrons. The Bertz CT molecular complexity index is 109. The minimum Gasteiger partial charge on any atom is -0.409 e. The third-order valence-corrected chi connectivity index (χ3v) is 0.789. The molecule has 1 nitrogen and oxygen atoms in total.